The molecule has 0 fully saturated rings. The van der Waals surface area contributed by atoms with Gasteiger partial charge in [0, 0.05) is 12.6 Å². The molecular weight excluding hydrogens is 316 g/mol. The number of nitrogens with one attached hydrogen (secondary N) is 1. The van der Waals surface area contributed by atoms with Crippen molar-refractivity contribution in [2.45, 2.75) is 13.3 Å². The molecule has 3 aromatic heterocycles. The summed E-state index contributed by atoms with van der Waals surface area (Å²) in [6.45, 7) is 1.71. The van der Waals surface area contributed by atoms with Gasteiger partial charge in [0.1, 0.15) is 0 Å². The van der Waals surface area contributed by atoms with E-state index in [4.69, 9.17) is 0 Å². The van der Waals surface area contributed by atoms with Crippen molar-refractivity contribution in [3.8, 4) is 5.75 Å². The third-order valence-electron chi connectivity index (χ3n) is 2.92. The van der Waals surface area contributed by atoms with Gasteiger partial charge in [-0.2, -0.15) is 4.37 Å². The van der Waals surface area contributed by atoms with Crippen LogP contribution in [0.4, 0.5) is 16.6 Å². The summed E-state index contributed by atoms with van der Waals surface area (Å²) in [5.41, 5.74) is 0.612. The number of fused-ring (bicyclic) bond motifs is 1. The maximum Gasteiger partial charge on any atom is 0.225 e. The first-order valence-electron chi connectivity index (χ1n) is 6.79. The molecule has 0 aliphatic rings. The molecule has 0 atom stereocenters. The van der Waals surface area contributed by atoms with E-state index in [1.54, 1.807) is 19.2 Å². The zero-order valence-electron chi connectivity index (χ0n) is 12.1. The summed E-state index contributed by atoms with van der Waals surface area (Å²) in [6.07, 6.45) is 1.94. The molecule has 0 saturated heterocycles. The minimum absolute atomic E-state index is 0.0594. The minimum Gasteiger partial charge on any atom is -0.504 e. The average Bonchev–Trinajstić information content (AvgIpc) is 2.98. The average molecular weight is 328 g/mol. The van der Waals surface area contributed by atoms with Crippen LogP contribution in [0.3, 0.4) is 0 Å². The summed E-state index contributed by atoms with van der Waals surface area (Å²) in [7, 11) is 0. The Labute approximate surface area is 135 Å². The molecule has 8 nitrogen and oxygen atoms in total. The molecule has 23 heavy (non-hydrogen) atoms. The Hall–Kier alpha value is -2.94. The van der Waals surface area contributed by atoms with E-state index in [9.17, 15) is 9.90 Å². The van der Waals surface area contributed by atoms with Crippen molar-refractivity contribution in [1.82, 2.24) is 14.3 Å². The SMILES string of the molecule is CCC(=O)Nc1nc(/N=N/c2snc3ncccc23)ccc1O. The number of carbonyl (C=O) groups is 1. The van der Waals surface area contributed by atoms with Gasteiger partial charge in [-0.25, -0.2) is 9.97 Å². The molecule has 3 heterocycles. The molecule has 0 saturated carbocycles. The lowest BCUT2D eigenvalue weighted by atomic mass is 10.3. The van der Waals surface area contributed by atoms with Crippen molar-refractivity contribution in [3.05, 3.63) is 30.5 Å². The van der Waals surface area contributed by atoms with E-state index in [0.717, 1.165) is 5.39 Å². The summed E-state index contributed by atoms with van der Waals surface area (Å²) in [5.74, 6) is -0.0524. The van der Waals surface area contributed by atoms with Crippen LogP contribution in [0.2, 0.25) is 0 Å². The summed E-state index contributed by atoms with van der Waals surface area (Å²) in [5, 5.41) is 21.8. The standard InChI is InChI=1S/C14H12N6O2S/c1-2-11(22)17-13-9(21)5-6-10(16-13)18-19-14-8-4-3-7-15-12(8)20-23-14/h3-7,21H,2H2,1H3,(H,16,17,22)/b19-18+. The lowest BCUT2D eigenvalue weighted by Crippen LogP contribution is -2.10. The normalized spacial score (nSPS) is 11.2. The highest BCUT2D eigenvalue weighted by molar-refractivity contribution is 7.11. The molecule has 0 aliphatic heterocycles. The van der Waals surface area contributed by atoms with E-state index in [1.165, 1.54) is 23.7 Å². The summed E-state index contributed by atoms with van der Waals surface area (Å²) >= 11 is 1.18. The highest BCUT2D eigenvalue weighted by Crippen LogP contribution is 2.31. The van der Waals surface area contributed by atoms with Crippen LogP contribution in [-0.2, 0) is 4.79 Å². The molecule has 0 spiro atoms. The van der Waals surface area contributed by atoms with Crippen molar-refractivity contribution in [1.29, 1.82) is 0 Å². The highest BCUT2D eigenvalue weighted by atomic mass is 32.1. The largest absolute Gasteiger partial charge is 0.504 e. The van der Waals surface area contributed by atoms with E-state index < -0.39 is 0 Å². The fourth-order valence-corrected chi connectivity index (χ4v) is 2.40. The third kappa shape index (κ3) is 3.29. The molecular formula is C14H12N6O2S. The molecule has 9 heteroatoms. The quantitative estimate of drug-likeness (QED) is 0.711. The van der Waals surface area contributed by atoms with Gasteiger partial charge in [0.05, 0.1) is 5.39 Å². The Morgan fingerprint density at radius 1 is 1.35 bits per heavy atom. The third-order valence-corrected chi connectivity index (χ3v) is 3.66. The van der Waals surface area contributed by atoms with Crippen LogP contribution in [-0.4, -0.2) is 25.4 Å². The summed E-state index contributed by atoms with van der Waals surface area (Å²) in [4.78, 5) is 19.6. The molecule has 1 amide bonds. The van der Waals surface area contributed by atoms with Crippen LogP contribution in [0.5, 0.6) is 5.75 Å². The predicted molar refractivity (Wildman–Crippen MR) is 86.4 cm³/mol. The van der Waals surface area contributed by atoms with Gasteiger partial charge in [-0.15, -0.1) is 10.2 Å². The zero-order valence-corrected chi connectivity index (χ0v) is 12.9. The number of aromatic hydroxyl groups is 1. The lowest BCUT2D eigenvalue weighted by molar-refractivity contribution is -0.115. The van der Waals surface area contributed by atoms with Crippen LogP contribution in [0.1, 0.15) is 13.3 Å². The second-order valence-corrected chi connectivity index (χ2v) is 5.25. The second-order valence-electron chi connectivity index (χ2n) is 4.50. The maximum atomic E-state index is 11.4. The van der Waals surface area contributed by atoms with Crippen LogP contribution < -0.4 is 5.32 Å². The molecule has 0 radical (unpaired) electrons. The Kier molecular flexibility index (Phi) is 4.20. The van der Waals surface area contributed by atoms with Crippen molar-refractivity contribution >= 4 is 45.1 Å². The van der Waals surface area contributed by atoms with Gasteiger partial charge in [-0.05, 0) is 35.8 Å². The lowest BCUT2D eigenvalue weighted by Gasteiger charge is -2.04. The number of rotatable bonds is 4. The molecule has 0 unspecified atom stereocenters. The first kappa shape index (κ1) is 15.0. The van der Waals surface area contributed by atoms with Gasteiger partial charge in [0.15, 0.2) is 28.0 Å². The number of hydrogen-bond donors (Lipinski definition) is 2. The fraction of sp³-hybridized carbons (Fsp3) is 0.143. The molecule has 0 aliphatic carbocycles. The van der Waals surface area contributed by atoms with E-state index in [0.29, 0.717) is 10.6 Å². The number of azo groups is 1. The molecule has 3 rings (SSSR count). The monoisotopic (exact) mass is 328 g/mol. The van der Waals surface area contributed by atoms with Gasteiger partial charge >= 0.3 is 0 Å². The van der Waals surface area contributed by atoms with Crippen molar-refractivity contribution < 1.29 is 9.90 Å². The Morgan fingerprint density at radius 2 is 2.22 bits per heavy atom. The fourth-order valence-electron chi connectivity index (χ4n) is 1.75. The number of carbonyl (C=O) groups excluding carboxylic acids is 1. The van der Waals surface area contributed by atoms with Crippen molar-refractivity contribution in [2.75, 3.05) is 5.32 Å². The number of aromatic nitrogens is 3. The number of pyridine rings is 2. The van der Waals surface area contributed by atoms with E-state index in [-0.39, 0.29) is 29.7 Å². The first-order chi connectivity index (χ1) is 11.2. The number of amides is 1. The number of nitrogens with zero attached hydrogens (tertiary/aromatic N) is 5. The Morgan fingerprint density at radius 3 is 3.04 bits per heavy atom. The smallest absolute Gasteiger partial charge is 0.225 e. The van der Waals surface area contributed by atoms with Crippen LogP contribution in [0, 0.1) is 0 Å². The molecule has 0 bridgehead atoms. The van der Waals surface area contributed by atoms with Crippen LogP contribution in [0.15, 0.2) is 40.7 Å². The molecule has 3 aromatic rings. The van der Waals surface area contributed by atoms with Crippen LogP contribution >= 0.6 is 11.5 Å². The minimum atomic E-state index is -0.249. The predicted octanol–water partition coefficient (Wildman–Crippen LogP) is 3.56. The number of anilines is 1. The molecule has 116 valence electrons. The van der Waals surface area contributed by atoms with Gasteiger partial charge < -0.3 is 10.4 Å². The Bertz CT molecular complexity index is 892. The summed E-state index contributed by atoms with van der Waals surface area (Å²) < 4.78 is 4.17. The molecule has 2 N–H and O–H groups in total. The van der Waals surface area contributed by atoms with Crippen molar-refractivity contribution in [2.24, 2.45) is 10.2 Å². The Balaban J connectivity index is 1.87. The maximum absolute atomic E-state index is 11.4. The summed E-state index contributed by atoms with van der Waals surface area (Å²) in [6, 6.07) is 6.56. The highest BCUT2D eigenvalue weighted by Gasteiger charge is 2.08. The van der Waals surface area contributed by atoms with Crippen molar-refractivity contribution in [3.63, 3.8) is 0 Å². The van der Waals surface area contributed by atoms with Gasteiger partial charge in [-0.3, -0.25) is 4.79 Å². The van der Waals surface area contributed by atoms with E-state index >= 15 is 0 Å². The van der Waals surface area contributed by atoms with E-state index in [1.807, 2.05) is 6.07 Å². The van der Waals surface area contributed by atoms with Gasteiger partial charge in [0.25, 0.3) is 0 Å². The topological polar surface area (TPSA) is 113 Å². The first-order valence-corrected chi connectivity index (χ1v) is 7.56. The zero-order chi connectivity index (χ0) is 16.2. The molecule has 0 aromatic carbocycles. The van der Waals surface area contributed by atoms with E-state index in [2.05, 4.69) is 29.9 Å². The second kappa shape index (κ2) is 6.44. The number of hydrogen-bond acceptors (Lipinski definition) is 8. The van der Waals surface area contributed by atoms with Crippen LogP contribution in [0.25, 0.3) is 11.0 Å². The van der Waals surface area contributed by atoms with Gasteiger partial charge in [-0.1, -0.05) is 6.92 Å². The van der Waals surface area contributed by atoms with Gasteiger partial charge in [0.2, 0.25) is 5.91 Å².